The van der Waals surface area contributed by atoms with Crippen molar-refractivity contribution in [3.63, 3.8) is 0 Å². The highest BCUT2D eigenvalue weighted by Gasteiger charge is 2.49. The second-order valence-corrected chi connectivity index (χ2v) is 27.0. The highest BCUT2D eigenvalue weighted by Crippen LogP contribution is 2.54. The Morgan fingerprint density at radius 1 is 0.516 bits per heavy atom. The lowest BCUT2D eigenvalue weighted by molar-refractivity contribution is 0.332. The summed E-state index contributed by atoms with van der Waals surface area (Å²) in [6.07, 6.45) is 4.72. The number of rotatable bonds is 2. The first-order valence-electron chi connectivity index (χ1n) is 24.3. The fourth-order valence-electron chi connectivity index (χ4n) is 11.6. The summed E-state index contributed by atoms with van der Waals surface area (Å²) in [6, 6.07) is 32.1. The average Bonchev–Trinajstić information content (AvgIpc) is 3.58. The predicted octanol–water partition coefficient (Wildman–Crippen LogP) is 15.0. The van der Waals surface area contributed by atoms with Crippen molar-refractivity contribution in [3.8, 4) is 0 Å². The van der Waals surface area contributed by atoms with Crippen LogP contribution in [-0.2, 0) is 37.9 Å². The van der Waals surface area contributed by atoms with Crippen LogP contribution in [-0.4, -0.2) is 11.7 Å². The molecule has 2 aromatic heterocycles. The molecule has 0 amide bonds. The largest absolute Gasteiger partial charge is 0.310 e. The lowest BCUT2D eigenvalue weighted by Crippen LogP contribution is -2.61. The molecule has 2 aliphatic heterocycles. The first kappa shape index (κ1) is 43.5. The summed E-state index contributed by atoms with van der Waals surface area (Å²) < 4.78 is 2.78. The van der Waals surface area contributed by atoms with E-state index in [0.29, 0.717) is 0 Å². The number of aromatic nitrogens is 1. The summed E-state index contributed by atoms with van der Waals surface area (Å²) >= 11 is 2.01. The third-order valence-corrected chi connectivity index (χ3v) is 17.4. The smallest absolute Gasteiger partial charge is 0.266 e. The zero-order valence-corrected chi connectivity index (χ0v) is 43.0. The van der Waals surface area contributed by atoms with Crippen molar-refractivity contribution in [1.82, 2.24) is 4.98 Å². The Balaban J connectivity index is 1.36. The standard InChI is InChI=1S/C59H72BN3S/c1-53(2,3)35-18-21-37(22-19-35)62-46-34-48(55(7,8)9)61-52-49(46)60(51-50(62)39-24-20-36(54(4,5)6)30-47(39)64-51)44-32-42-43(59(16,17)29-28-58(42,14)15)33-45(44)63(52)38-23-25-40-41(31-38)57(12,13)27-26-56(40,10)11/h18-25,30-34H,26-29H2,1-17H3. The molecule has 10 rings (SSSR count). The van der Waals surface area contributed by atoms with Crippen molar-refractivity contribution in [2.24, 2.45) is 0 Å². The molecular formula is C59H72BN3S. The van der Waals surface area contributed by atoms with Gasteiger partial charge in [-0.05, 0) is 145 Å². The molecule has 3 nitrogen and oxygen atoms in total. The number of pyridine rings is 1. The van der Waals surface area contributed by atoms with Crippen LogP contribution in [0.2, 0.25) is 0 Å². The van der Waals surface area contributed by atoms with Crippen molar-refractivity contribution in [2.45, 2.75) is 181 Å². The molecule has 4 heterocycles. The Morgan fingerprint density at radius 3 is 1.62 bits per heavy atom. The third-order valence-electron chi connectivity index (χ3n) is 16.2. The maximum absolute atomic E-state index is 5.94. The lowest BCUT2D eigenvalue weighted by atomic mass is 9.36. The van der Waals surface area contributed by atoms with Gasteiger partial charge in [0.25, 0.3) is 6.71 Å². The normalized spacial score (nSPS) is 19.2. The minimum atomic E-state index is -0.197. The summed E-state index contributed by atoms with van der Waals surface area (Å²) in [4.78, 5) is 11.2. The van der Waals surface area contributed by atoms with Crippen molar-refractivity contribution in [3.05, 3.63) is 118 Å². The van der Waals surface area contributed by atoms with Gasteiger partial charge in [-0.1, -0.05) is 154 Å². The van der Waals surface area contributed by atoms with Crippen molar-refractivity contribution >= 4 is 78.1 Å². The van der Waals surface area contributed by atoms with Crippen molar-refractivity contribution < 1.29 is 0 Å². The van der Waals surface area contributed by atoms with Crippen LogP contribution >= 0.6 is 11.3 Å². The number of fused-ring (bicyclic) bond motifs is 8. The molecule has 6 aromatic rings. The molecule has 2 aliphatic carbocycles. The first-order chi connectivity index (χ1) is 29.6. The van der Waals surface area contributed by atoms with Crippen LogP contribution in [0.4, 0.5) is 34.3 Å². The van der Waals surface area contributed by atoms with E-state index in [1.165, 1.54) is 113 Å². The number of hydrogen-bond acceptors (Lipinski definition) is 4. The number of benzene rings is 4. The molecule has 332 valence electrons. The topological polar surface area (TPSA) is 19.4 Å². The highest BCUT2D eigenvalue weighted by atomic mass is 32.1. The van der Waals surface area contributed by atoms with Gasteiger partial charge in [-0.25, -0.2) is 4.98 Å². The fourth-order valence-corrected chi connectivity index (χ4v) is 13.0. The molecule has 0 bridgehead atoms. The molecule has 0 N–H and O–H groups in total. The second-order valence-electron chi connectivity index (χ2n) is 25.9. The van der Waals surface area contributed by atoms with Gasteiger partial charge in [0, 0.05) is 43.0 Å². The van der Waals surface area contributed by atoms with E-state index in [1.54, 1.807) is 0 Å². The van der Waals surface area contributed by atoms with Crippen LogP contribution in [0.3, 0.4) is 0 Å². The SMILES string of the molecule is CC(C)(C)c1ccc(N2c3cc(C(C)(C)C)nc4c3B(c3cc5c(cc3N4c3ccc4c(c3)C(C)(C)CCC4(C)C)C(C)(C)CCC5(C)C)c3sc4cc(C(C)(C)C)ccc4c32)cc1. The minimum absolute atomic E-state index is 0.0208. The molecule has 4 aliphatic rings. The van der Waals surface area contributed by atoms with Crippen molar-refractivity contribution in [1.29, 1.82) is 0 Å². The molecule has 64 heavy (non-hydrogen) atoms. The number of hydrogen-bond donors (Lipinski definition) is 0. The molecule has 4 aromatic carbocycles. The van der Waals surface area contributed by atoms with Gasteiger partial charge in [-0.2, -0.15) is 0 Å². The summed E-state index contributed by atoms with van der Waals surface area (Å²) in [5.41, 5.74) is 19.0. The van der Waals surface area contributed by atoms with E-state index in [9.17, 15) is 0 Å². The van der Waals surface area contributed by atoms with Gasteiger partial charge in [-0.3, -0.25) is 4.90 Å². The Kier molecular flexibility index (Phi) is 9.27. The van der Waals surface area contributed by atoms with Gasteiger partial charge in [0.2, 0.25) is 0 Å². The average molecular weight is 866 g/mol. The maximum atomic E-state index is 5.94. The predicted molar refractivity (Wildman–Crippen MR) is 280 cm³/mol. The van der Waals surface area contributed by atoms with Crippen LogP contribution in [0.1, 0.15) is 182 Å². The molecular weight excluding hydrogens is 794 g/mol. The van der Waals surface area contributed by atoms with Crippen molar-refractivity contribution in [2.75, 3.05) is 9.80 Å². The zero-order chi connectivity index (χ0) is 46.1. The molecule has 0 unspecified atom stereocenters. The molecule has 0 spiro atoms. The van der Waals surface area contributed by atoms with E-state index in [0.717, 1.165) is 11.5 Å². The summed E-state index contributed by atoms with van der Waals surface area (Å²) in [6.45, 7) is 40.7. The van der Waals surface area contributed by atoms with E-state index in [2.05, 4.69) is 206 Å². The van der Waals surface area contributed by atoms with E-state index in [-0.39, 0.29) is 44.6 Å². The Labute approximate surface area is 390 Å². The van der Waals surface area contributed by atoms with Gasteiger partial charge in [0.1, 0.15) is 5.82 Å². The van der Waals surface area contributed by atoms with Gasteiger partial charge < -0.3 is 4.90 Å². The van der Waals surface area contributed by atoms with E-state index < -0.39 is 0 Å². The van der Waals surface area contributed by atoms with E-state index >= 15 is 0 Å². The van der Waals surface area contributed by atoms with Crippen LogP contribution in [0, 0.1) is 0 Å². The van der Waals surface area contributed by atoms with E-state index in [4.69, 9.17) is 4.98 Å². The quantitative estimate of drug-likeness (QED) is 0.161. The summed E-state index contributed by atoms with van der Waals surface area (Å²) in [5.74, 6) is 1.08. The molecule has 0 atom stereocenters. The van der Waals surface area contributed by atoms with Gasteiger partial charge in [0.05, 0.1) is 11.4 Å². The van der Waals surface area contributed by atoms with Crippen LogP contribution < -0.4 is 25.5 Å². The van der Waals surface area contributed by atoms with Gasteiger partial charge in [-0.15, -0.1) is 11.3 Å². The molecule has 5 heteroatoms. The molecule has 0 saturated heterocycles. The van der Waals surface area contributed by atoms with E-state index in [1.807, 2.05) is 11.3 Å². The number of nitrogens with zero attached hydrogens (tertiary/aromatic N) is 3. The highest BCUT2D eigenvalue weighted by molar-refractivity contribution is 7.33. The minimum Gasteiger partial charge on any atom is -0.310 e. The maximum Gasteiger partial charge on any atom is 0.266 e. The summed E-state index contributed by atoms with van der Waals surface area (Å²) in [5, 5.41) is 1.33. The Morgan fingerprint density at radius 2 is 1.05 bits per heavy atom. The Hall–Kier alpha value is -4.35. The van der Waals surface area contributed by atoms with Crippen LogP contribution in [0.25, 0.3) is 10.1 Å². The fraction of sp³-hybridized carbons (Fsp3) is 0.475. The molecule has 0 saturated carbocycles. The summed E-state index contributed by atoms with van der Waals surface area (Å²) in [7, 11) is 0. The zero-order valence-electron chi connectivity index (χ0n) is 42.2. The Bertz CT molecular complexity index is 2900. The number of thiophene rings is 1. The second kappa shape index (κ2) is 13.6. The van der Waals surface area contributed by atoms with Gasteiger partial charge in [0.15, 0.2) is 0 Å². The van der Waals surface area contributed by atoms with Crippen LogP contribution in [0.5, 0.6) is 0 Å². The van der Waals surface area contributed by atoms with Gasteiger partial charge >= 0.3 is 0 Å². The molecule has 0 fully saturated rings. The number of anilines is 6. The van der Waals surface area contributed by atoms with Crippen LogP contribution in [0.15, 0.2) is 78.9 Å². The molecule has 0 radical (unpaired) electrons. The third kappa shape index (κ3) is 6.58. The lowest BCUT2D eigenvalue weighted by Gasteiger charge is -2.47. The monoisotopic (exact) mass is 866 g/mol. The first-order valence-corrected chi connectivity index (χ1v) is 25.1.